The normalized spacial score (nSPS) is 19.6. The van der Waals surface area contributed by atoms with Crippen molar-refractivity contribution in [1.82, 2.24) is 25.6 Å². The van der Waals surface area contributed by atoms with Crippen LogP contribution in [0.15, 0.2) is 36.5 Å². The Hall–Kier alpha value is -3.83. The zero-order valence-electron chi connectivity index (χ0n) is 18.6. The second-order valence-corrected chi connectivity index (χ2v) is 8.17. The van der Waals surface area contributed by atoms with Gasteiger partial charge >= 0.3 is 5.97 Å². The van der Waals surface area contributed by atoms with Crippen molar-refractivity contribution in [3.63, 3.8) is 0 Å². The van der Waals surface area contributed by atoms with Crippen molar-refractivity contribution in [1.29, 1.82) is 0 Å². The van der Waals surface area contributed by atoms with Crippen LogP contribution in [-0.4, -0.2) is 59.1 Å². The van der Waals surface area contributed by atoms with E-state index in [0.717, 1.165) is 12.1 Å². The molecule has 1 amide bonds. The first-order chi connectivity index (χ1) is 16.6. The number of piperidine rings is 1. The maximum absolute atomic E-state index is 12.9. The molecule has 11 nitrogen and oxygen atoms in total. The minimum absolute atomic E-state index is 0.110. The van der Waals surface area contributed by atoms with E-state index in [2.05, 4.69) is 36.2 Å². The number of hydrogen-bond acceptors (Lipinski definition) is 10. The molecule has 2 aliphatic heterocycles. The van der Waals surface area contributed by atoms with Crippen molar-refractivity contribution in [2.75, 3.05) is 30.8 Å². The fraction of sp³-hybridized carbons (Fsp3) is 0.348. The molecule has 176 valence electrons. The Kier molecular flexibility index (Phi) is 6.19. The zero-order chi connectivity index (χ0) is 23.5. The summed E-state index contributed by atoms with van der Waals surface area (Å²) in [6.07, 6.45) is 3.06. The van der Waals surface area contributed by atoms with Gasteiger partial charge in [0.25, 0.3) is 0 Å². The third-order valence-electron chi connectivity index (χ3n) is 5.87. The smallest absolute Gasteiger partial charge is 0.332 e. The second kappa shape index (κ2) is 9.57. The van der Waals surface area contributed by atoms with Gasteiger partial charge in [-0.25, -0.2) is 19.7 Å². The van der Waals surface area contributed by atoms with Gasteiger partial charge in [0.05, 0.1) is 41.9 Å². The number of nitrogens with one attached hydrogen (secondary N) is 4. The molecule has 0 spiro atoms. The van der Waals surface area contributed by atoms with Gasteiger partial charge < -0.3 is 30.7 Å². The Morgan fingerprint density at radius 2 is 2.15 bits per heavy atom. The third kappa shape index (κ3) is 4.75. The van der Waals surface area contributed by atoms with Crippen molar-refractivity contribution in [2.24, 2.45) is 0 Å². The summed E-state index contributed by atoms with van der Waals surface area (Å²) in [5.41, 5.74) is 3.36. The number of anilines is 2. The molecule has 1 fully saturated rings. The summed E-state index contributed by atoms with van der Waals surface area (Å²) < 4.78 is 10.3. The van der Waals surface area contributed by atoms with Gasteiger partial charge in [-0.15, -0.1) is 0 Å². The Balaban J connectivity index is 1.14. The van der Waals surface area contributed by atoms with E-state index in [1.807, 2.05) is 24.3 Å². The van der Waals surface area contributed by atoms with E-state index in [1.54, 1.807) is 12.3 Å². The summed E-state index contributed by atoms with van der Waals surface area (Å²) in [5.74, 6) is 0.244. The second-order valence-electron chi connectivity index (χ2n) is 8.17. The number of carbonyl (C=O) groups excluding carboxylic acids is 2. The molecule has 4 N–H and O–H groups in total. The highest BCUT2D eigenvalue weighted by molar-refractivity contribution is 6.01. The molecule has 5 rings (SSSR count). The standard InChI is InChI=1S/C23H25N7O4/c1-33-19-11-26-15-3-2-4-16(21(15)30-19)29-22(32)17-7-5-13(9-25-17)24-10-14-6-8-18-23(28-14)34-20(31)12-27-18/h2-4,6,8,11,13,17,24-25,27H,5,7,9-10,12H2,1H3,(H,29,32). The first kappa shape index (κ1) is 22.0. The van der Waals surface area contributed by atoms with E-state index in [9.17, 15) is 9.59 Å². The predicted molar refractivity (Wildman–Crippen MR) is 125 cm³/mol. The molecule has 0 radical (unpaired) electrons. The molecule has 4 heterocycles. The number of ether oxygens (including phenoxy) is 2. The first-order valence-electron chi connectivity index (χ1n) is 11.1. The summed E-state index contributed by atoms with van der Waals surface area (Å²) >= 11 is 0. The summed E-state index contributed by atoms with van der Waals surface area (Å²) in [6, 6.07) is 9.11. The zero-order valence-corrected chi connectivity index (χ0v) is 18.6. The highest BCUT2D eigenvalue weighted by atomic mass is 16.5. The minimum atomic E-state index is -0.347. The lowest BCUT2D eigenvalue weighted by atomic mass is 10.00. The molecule has 34 heavy (non-hydrogen) atoms. The maximum Gasteiger partial charge on any atom is 0.332 e. The van der Waals surface area contributed by atoms with Crippen LogP contribution in [0.5, 0.6) is 11.8 Å². The number of carbonyl (C=O) groups is 2. The number of amides is 1. The monoisotopic (exact) mass is 463 g/mol. The molecule has 0 aliphatic carbocycles. The quantitative estimate of drug-likeness (QED) is 0.395. The van der Waals surface area contributed by atoms with Crippen LogP contribution in [0.4, 0.5) is 11.4 Å². The Morgan fingerprint density at radius 1 is 1.24 bits per heavy atom. The maximum atomic E-state index is 12.9. The van der Waals surface area contributed by atoms with E-state index >= 15 is 0 Å². The molecular weight excluding hydrogens is 438 g/mol. The molecule has 11 heteroatoms. The molecule has 0 bridgehead atoms. The third-order valence-corrected chi connectivity index (χ3v) is 5.87. The van der Waals surface area contributed by atoms with E-state index in [-0.39, 0.29) is 30.5 Å². The summed E-state index contributed by atoms with van der Waals surface area (Å²) in [6.45, 7) is 1.32. The number of pyridine rings is 1. The van der Waals surface area contributed by atoms with Crippen molar-refractivity contribution in [2.45, 2.75) is 31.5 Å². The summed E-state index contributed by atoms with van der Waals surface area (Å²) in [7, 11) is 1.53. The lowest BCUT2D eigenvalue weighted by molar-refractivity contribution is -0.133. The number of fused-ring (bicyclic) bond motifs is 2. The van der Waals surface area contributed by atoms with Crippen LogP contribution in [0.2, 0.25) is 0 Å². The average Bonchev–Trinajstić information content (AvgIpc) is 2.87. The van der Waals surface area contributed by atoms with Gasteiger partial charge in [-0.1, -0.05) is 6.07 Å². The van der Waals surface area contributed by atoms with Crippen LogP contribution in [-0.2, 0) is 16.1 Å². The van der Waals surface area contributed by atoms with Crippen LogP contribution in [0.1, 0.15) is 18.5 Å². The van der Waals surface area contributed by atoms with Gasteiger partial charge in [0, 0.05) is 19.1 Å². The topological polar surface area (TPSA) is 139 Å². The molecule has 2 aliphatic rings. The molecule has 0 saturated carbocycles. The number of esters is 1. The van der Waals surface area contributed by atoms with Gasteiger partial charge in [-0.2, -0.15) is 0 Å². The number of nitrogens with zero attached hydrogens (tertiary/aromatic N) is 3. The molecular formula is C23H25N7O4. The van der Waals surface area contributed by atoms with Gasteiger partial charge in [-0.05, 0) is 37.1 Å². The highest BCUT2D eigenvalue weighted by Gasteiger charge is 2.26. The van der Waals surface area contributed by atoms with Gasteiger partial charge in [0.15, 0.2) is 0 Å². The highest BCUT2D eigenvalue weighted by Crippen LogP contribution is 2.25. The SMILES string of the molecule is COc1cnc2cccc(NC(=O)C3CCC(NCc4ccc5c(n4)OC(=O)CN5)CN3)c2n1. The van der Waals surface area contributed by atoms with Crippen molar-refractivity contribution < 1.29 is 19.1 Å². The van der Waals surface area contributed by atoms with Gasteiger partial charge in [0.2, 0.25) is 17.7 Å². The molecule has 2 unspecified atom stereocenters. The van der Waals surface area contributed by atoms with Crippen LogP contribution in [0.25, 0.3) is 11.0 Å². The van der Waals surface area contributed by atoms with E-state index < -0.39 is 0 Å². The Bertz CT molecular complexity index is 1230. The number of para-hydroxylation sites is 1. The number of hydrogen-bond donors (Lipinski definition) is 4. The molecule has 1 aromatic carbocycles. The fourth-order valence-electron chi connectivity index (χ4n) is 4.04. The van der Waals surface area contributed by atoms with Gasteiger partial charge in [0.1, 0.15) is 12.1 Å². The number of methoxy groups -OCH3 is 1. The molecule has 1 saturated heterocycles. The van der Waals surface area contributed by atoms with Crippen molar-refractivity contribution in [3.8, 4) is 11.8 Å². The lowest BCUT2D eigenvalue weighted by Gasteiger charge is -2.30. The largest absolute Gasteiger partial charge is 0.480 e. The molecule has 2 aromatic heterocycles. The number of aromatic nitrogens is 3. The van der Waals surface area contributed by atoms with Crippen molar-refractivity contribution in [3.05, 3.63) is 42.2 Å². The number of rotatable bonds is 6. The minimum Gasteiger partial charge on any atom is -0.480 e. The van der Waals surface area contributed by atoms with E-state index in [1.165, 1.54) is 7.11 Å². The summed E-state index contributed by atoms with van der Waals surface area (Å²) in [5, 5.41) is 12.7. The van der Waals surface area contributed by atoms with Gasteiger partial charge in [-0.3, -0.25) is 4.79 Å². The van der Waals surface area contributed by atoms with Crippen LogP contribution in [0, 0.1) is 0 Å². The molecule has 2 atom stereocenters. The number of benzene rings is 1. The first-order valence-corrected chi connectivity index (χ1v) is 11.1. The van der Waals surface area contributed by atoms with E-state index in [0.29, 0.717) is 53.7 Å². The lowest BCUT2D eigenvalue weighted by Crippen LogP contribution is -2.52. The Morgan fingerprint density at radius 3 is 2.97 bits per heavy atom. The molecule has 3 aromatic rings. The average molecular weight is 463 g/mol. The van der Waals surface area contributed by atoms with E-state index in [4.69, 9.17) is 9.47 Å². The van der Waals surface area contributed by atoms with Crippen molar-refractivity contribution >= 4 is 34.3 Å². The van der Waals surface area contributed by atoms with Crippen LogP contribution in [0.3, 0.4) is 0 Å². The predicted octanol–water partition coefficient (Wildman–Crippen LogP) is 1.21. The fourth-order valence-corrected chi connectivity index (χ4v) is 4.04. The summed E-state index contributed by atoms with van der Waals surface area (Å²) in [4.78, 5) is 37.5. The van der Waals surface area contributed by atoms with Crippen LogP contribution >= 0.6 is 0 Å². The Labute approximate surface area is 195 Å². The van der Waals surface area contributed by atoms with Crippen LogP contribution < -0.4 is 30.7 Å².